The maximum Gasteiger partial charge on any atom is 0.122 e. The average Bonchev–Trinajstić information content (AvgIpc) is 2.35. The highest BCUT2D eigenvalue weighted by Crippen LogP contribution is 2.34. The van der Waals surface area contributed by atoms with E-state index in [4.69, 9.17) is 4.74 Å². The van der Waals surface area contributed by atoms with Crippen LogP contribution in [0.2, 0.25) is 0 Å². The molecule has 2 aliphatic rings. The molecule has 0 N–H and O–H groups in total. The number of methoxy groups -OCH3 is 1. The van der Waals surface area contributed by atoms with Crippen molar-refractivity contribution in [3.8, 4) is 5.75 Å². The van der Waals surface area contributed by atoms with Crippen molar-refractivity contribution in [1.29, 1.82) is 0 Å². The zero-order chi connectivity index (χ0) is 11.0. The monoisotopic (exact) mass is 215 g/mol. The molecule has 1 atom stereocenters. The lowest BCUT2D eigenvalue weighted by Gasteiger charge is -2.30. The van der Waals surface area contributed by atoms with E-state index in [9.17, 15) is 0 Å². The van der Waals surface area contributed by atoms with Gasteiger partial charge < -0.3 is 4.74 Å². The third-order valence-electron chi connectivity index (χ3n) is 3.77. The molecule has 1 heterocycles. The van der Waals surface area contributed by atoms with Gasteiger partial charge in [0.1, 0.15) is 5.75 Å². The summed E-state index contributed by atoms with van der Waals surface area (Å²) < 4.78 is 5.45. The van der Waals surface area contributed by atoms with Gasteiger partial charge in [-0.3, -0.25) is 4.99 Å². The summed E-state index contributed by atoms with van der Waals surface area (Å²) in [6, 6.07) is 6.37. The molecule has 0 fully saturated rings. The van der Waals surface area contributed by atoms with E-state index in [0.717, 1.165) is 25.1 Å². The third-order valence-corrected chi connectivity index (χ3v) is 3.77. The molecular weight excluding hydrogens is 198 g/mol. The number of benzene rings is 1. The lowest BCUT2D eigenvalue weighted by Crippen LogP contribution is -2.29. The Balaban J connectivity index is 2.02. The van der Waals surface area contributed by atoms with E-state index in [1.807, 2.05) is 0 Å². The minimum absolute atomic E-state index is 0.678. The van der Waals surface area contributed by atoms with Gasteiger partial charge >= 0.3 is 0 Å². The van der Waals surface area contributed by atoms with E-state index in [1.54, 1.807) is 7.11 Å². The molecule has 84 valence electrons. The molecule has 0 aromatic heterocycles. The van der Waals surface area contributed by atoms with E-state index in [0.29, 0.717) is 5.92 Å². The Morgan fingerprint density at radius 2 is 2.31 bits per heavy atom. The summed E-state index contributed by atoms with van der Waals surface area (Å²) in [7, 11) is 1.76. The van der Waals surface area contributed by atoms with Gasteiger partial charge in [-0.1, -0.05) is 12.1 Å². The molecule has 1 aromatic carbocycles. The molecule has 1 unspecified atom stereocenters. The largest absolute Gasteiger partial charge is 0.496 e. The predicted octanol–water partition coefficient (Wildman–Crippen LogP) is 2.64. The molecule has 3 rings (SSSR count). The van der Waals surface area contributed by atoms with Gasteiger partial charge in [0.15, 0.2) is 0 Å². The summed E-state index contributed by atoms with van der Waals surface area (Å²) in [6.45, 7) is 1.03. The highest BCUT2D eigenvalue weighted by Gasteiger charge is 2.27. The first kappa shape index (κ1) is 9.88. The van der Waals surface area contributed by atoms with Crippen molar-refractivity contribution in [2.24, 2.45) is 10.9 Å². The fourth-order valence-electron chi connectivity index (χ4n) is 2.92. The van der Waals surface area contributed by atoms with Gasteiger partial charge in [-0.2, -0.15) is 0 Å². The van der Waals surface area contributed by atoms with Crippen LogP contribution in [0.15, 0.2) is 23.2 Å². The van der Waals surface area contributed by atoms with Crippen LogP contribution in [-0.2, 0) is 12.8 Å². The summed E-state index contributed by atoms with van der Waals surface area (Å²) in [5.41, 5.74) is 4.25. The molecule has 0 amide bonds. The molecule has 1 aromatic rings. The molecule has 1 aliphatic heterocycles. The van der Waals surface area contributed by atoms with Crippen molar-refractivity contribution in [2.45, 2.75) is 25.7 Å². The summed E-state index contributed by atoms with van der Waals surface area (Å²) in [4.78, 5) is 4.68. The Morgan fingerprint density at radius 3 is 3.19 bits per heavy atom. The summed E-state index contributed by atoms with van der Waals surface area (Å²) in [6.07, 6.45) is 4.71. The van der Waals surface area contributed by atoms with Crippen molar-refractivity contribution < 1.29 is 4.74 Å². The van der Waals surface area contributed by atoms with Gasteiger partial charge in [0.05, 0.1) is 7.11 Å². The Morgan fingerprint density at radius 1 is 1.38 bits per heavy atom. The van der Waals surface area contributed by atoms with Crippen LogP contribution in [0, 0.1) is 5.92 Å². The first-order chi connectivity index (χ1) is 7.88. The lowest BCUT2D eigenvalue weighted by molar-refractivity contribution is 0.404. The number of aliphatic imine (C=N–C) groups is 1. The molecule has 2 heteroatoms. The van der Waals surface area contributed by atoms with E-state index in [-0.39, 0.29) is 0 Å². The van der Waals surface area contributed by atoms with Gasteiger partial charge in [0, 0.05) is 24.6 Å². The molecule has 0 saturated heterocycles. The standard InChI is InChI=1S/C14H17NO/c1-16-14-6-2-4-10-9-13-11(8-12(10)14)5-3-7-15-13/h2,4,6,11H,3,5,7-9H2,1H3. The number of ether oxygens (including phenoxy) is 1. The van der Waals surface area contributed by atoms with Crippen LogP contribution in [0.4, 0.5) is 0 Å². The van der Waals surface area contributed by atoms with E-state index < -0.39 is 0 Å². The highest BCUT2D eigenvalue weighted by atomic mass is 16.5. The van der Waals surface area contributed by atoms with E-state index in [2.05, 4.69) is 23.2 Å². The molecule has 0 saturated carbocycles. The zero-order valence-corrected chi connectivity index (χ0v) is 9.70. The van der Waals surface area contributed by atoms with Gasteiger partial charge in [0.25, 0.3) is 0 Å². The molecule has 0 radical (unpaired) electrons. The second-order valence-corrected chi connectivity index (χ2v) is 4.69. The lowest BCUT2D eigenvalue weighted by atomic mass is 9.78. The Kier molecular flexibility index (Phi) is 2.43. The van der Waals surface area contributed by atoms with Crippen molar-refractivity contribution in [2.75, 3.05) is 13.7 Å². The first-order valence-corrected chi connectivity index (χ1v) is 6.06. The molecule has 0 spiro atoms. The number of fused-ring (bicyclic) bond motifs is 2. The summed E-state index contributed by atoms with van der Waals surface area (Å²) in [5.74, 6) is 1.74. The van der Waals surface area contributed by atoms with Crippen molar-refractivity contribution in [1.82, 2.24) is 0 Å². The van der Waals surface area contributed by atoms with Crippen LogP contribution in [-0.4, -0.2) is 19.4 Å². The van der Waals surface area contributed by atoms with Crippen LogP contribution >= 0.6 is 0 Å². The van der Waals surface area contributed by atoms with Crippen LogP contribution in [0.3, 0.4) is 0 Å². The number of rotatable bonds is 1. The number of hydrogen-bond acceptors (Lipinski definition) is 2. The summed E-state index contributed by atoms with van der Waals surface area (Å²) >= 11 is 0. The summed E-state index contributed by atoms with van der Waals surface area (Å²) in [5, 5.41) is 0. The maximum absolute atomic E-state index is 5.45. The second kappa shape index (κ2) is 3.93. The van der Waals surface area contributed by atoms with Gasteiger partial charge in [0.2, 0.25) is 0 Å². The SMILES string of the molecule is COc1cccc2c1CC1CCCN=C1C2. The molecule has 0 bridgehead atoms. The van der Waals surface area contributed by atoms with Crippen LogP contribution in [0.1, 0.15) is 24.0 Å². The predicted molar refractivity (Wildman–Crippen MR) is 65.4 cm³/mol. The Labute approximate surface area is 96.3 Å². The van der Waals surface area contributed by atoms with Gasteiger partial charge in [-0.25, -0.2) is 0 Å². The van der Waals surface area contributed by atoms with E-state index in [1.165, 1.54) is 29.7 Å². The smallest absolute Gasteiger partial charge is 0.122 e. The van der Waals surface area contributed by atoms with Crippen LogP contribution < -0.4 is 4.74 Å². The van der Waals surface area contributed by atoms with Crippen LogP contribution in [0.25, 0.3) is 0 Å². The molecule has 16 heavy (non-hydrogen) atoms. The minimum atomic E-state index is 0.678. The molecular formula is C14H17NO. The fraction of sp³-hybridized carbons (Fsp3) is 0.500. The Hall–Kier alpha value is -1.31. The topological polar surface area (TPSA) is 21.6 Å². The third kappa shape index (κ3) is 1.53. The molecule has 1 aliphatic carbocycles. The fourth-order valence-corrected chi connectivity index (χ4v) is 2.92. The first-order valence-electron chi connectivity index (χ1n) is 6.06. The highest BCUT2D eigenvalue weighted by molar-refractivity contribution is 5.91. The normalized spacial score (nSPS) is 23.1. The zero-order valence-electron chi connectivity index (χ0n) is 9.70. The number of nitrogens with zero attached hydrogens (tertiary/aromatic N) is 1. The van der Waals surface area contributed by atoms with Gasteiger partial charge in [-0.05, 0) is 36.5 Å². The van der Waals surface area contributed by atoms with Gasteiger partial charge in [-0.15, -0.1) is 0 Å². The van der Waals surface area contributed by atoms with Crippen molar-refractivity contribution >= 4 is 5.71 Å². The van der Waals surface area contributed by atoms with Crippen molar-refractivity contribution in [3.05, 3.63) is 29.3 Å². The van der Waals surface area contributed by atoms with E-state index >= 15 is 0 Å². The molecule has 2 nitrogen and oxygen atoms in total. The van der Waals surface area contributed by atoms with Crippen LogP contribution in [0.5, 0.6) is 5.75 Å². The maximum atomic E-state index is 5.45. The average molecular weight is 215 g/mol. The second-order valence-electron chi connectivity index (χ2n) is 4.69. The minimum Gasteiger partial charge on any atom is -0.496 e. The quantitative estimate of drug-likeness (QED) is 0.705. The van der Waals surface area contributed by atoms with Crippen molar-refractivity contribution in [3.63, 3.8) is 0 Å². The number of hydrogen-bond donors (Lipinski definition) is 0. The Bertz CT molecular complexity index is 436.